The summed E-state index contributed by atoms with van der Waals surface area (Å²) >= 11 is 0. The first-order chi connectivity index (χ1) is 25.6. The SMILES string of the molecule is C#CCOCCOCCO[C@]1(C(=O)OC)C[C@H](OC(C)=O)[C@@H](NC(=O)COC(C)=O)[C@H]([C@H](OC(C)=O)[C@@H](CNC(=O)Cc2ccccc2O)OC(C)=O)O1. The number of terminal acetylenes is 1. The number of esters is 5. The van der Waals surface area contributed by atoms with Crippen molar-refractivity contribution in [1.82, 2.24) is 10.6 Å². The molecule has 19 nitrogen and oxygen atoms in total. The minimum atomic E-state index is -2.44. The van der Waals surface area contributed by atoms with Gasteiger partial charge in [0.15, 0.2) is 18.8 Å². The van der Waals surface area contributed by atoms with Gasteiger partial charge in [-0.3, -0.25) is 28.8 Å². The van der Waals surface area contributed by atoms with Crippen molar-refractivity contribution in [2.75, 3.05) is 53.3 Å². The van der Waals surface area contributed by atoms with E-state index in [1.165, 1.54) is 12.1 Å². The Morgan fingerprint density at radius 2 is 1.59 bits per heavy atom. The molecular formula is C35H46N2O17. The highest BCUT2D eigenvalue weighted by molar-refractivity contribution is 5.81. The van der Waals surface area contributed by atoms with Gasteiger partial charge in [0.2, 0.25) is 5.91 Å². The highest BCUT2D eigenvalue weighted by atomic mass is 16.7. The molecule has 1 fully saturated rings. The van der Waals surface area contributed by atoms with E-state index < -0.39 is 97.5 Å². The second-order valence-electron chi connectivity index (χ2n) is 11.6. The molecule has 0 bridgehead atoms. The molecule has 1 aromatic carbocycles. The van der Waals surface area contributed by atoms with Crippen LogP contribution in [-0.2, 0) is 82.6 Å². The van der Waals surface area contributed by atoms with E-state index in [1.54, 1.807) is 12.1 Å². The topological polar surface area (TPSA) is 247 Å². The van der Waals surface area contributed by atoms with Crippen LogP contribution in [0.2, 0.25) is 0 Å². The number of methoxy groups -OCH3 is 1. The van der Waals surface area contributed by atoms with Gasteiger partial charge >= 0.3 is 29.8 Å². The fraction of sp³-hybridized carbons (Fsp3) is 0.571. The summed E-state index contributed by atoms with van der Waals surface area (Å²) in [5.41, 5.74) is 0.273. The van der Waals surface area contributed by atoms with Gasteiger partial charge in [-0.05, 0) is 6.07 Å². The van der Waals surface area contributed by atoms with Gasteiger partial charge in [-0.2, -0.15) is 0 Å². The zero-order chi connectivity index (χ0) is 40.3. The number of rotatable bonds is 21. The summed E-state index contributed by atoms with van der Waals surface area (Å²) in [6.45, 7) is 2.65. The first kappa shape index (κ1) is 44.9. The van der Waals surface area contributed by atoms with Gasteiger partial charge in [-0.25, -0.2) is 4.79 Å². The monoisotopic (exact) mass is 766 g/mol. The lowest BCUT2D eigenvalue weighted by atomic mass is 9.87. The average Bonchev–Trinajstić information content (AvgIpc) is 3.10. The number of hydrogen-bond donors (Lipinski definition) is 3. The number of phenols is 1. The van der Waals surface area contributed by atoms with Crippen molar-refractivity contribution in [3.05, 3.63) is 29.8 Å². The van der Waals surface area contributed by atoms with Crippen LogP contribution in [-0.4, -0.2) is 136 Å². The molecule has 54 heavy (non-hydrogen) atoms. The van der Waals surface area contributed by atoms with Crippen molar-refractivity contribution >= 4 is 41.7 Å². The number of amides is 2. The lowest BCUT2D eigenvalue weighted by Crippen LogP contribution is -2.70. The number of nitrogens with one attached hydrogen (secondary N) is 2. The second kappa shape index (κ2) is 22.7. The Bertz CT molecular complexity index is 1510. The molecule has 0 aliphatic carbocycles. The van der Waals surface area contributed by atoms with Crippen LogP contribution in [0, 0.1) is 12.3 Å². The van der Waals surface area contributed by atoms with E-state index in [0.717, 1.165) is 34.8 Å². The molecule has 0 unspecified atom stereocenters. The van der Waals surface area contributed by atoms with Crippen molar-refractivity contribution in [2.24, 2.45) is 0 Å². The second-order valence-corrected chi connectivity index (χ2v) is 11.6. The number of aromatic hydroxyl groups is 1. The first-order valence-electron chi connectivity index (χ1n) is 16.6. The molecule has 1 aliphatic heterocycles. The van der Waals surface area contributed by atoms with Crippen LogP contribution < -0.4 is 10.6 Å². The number of phenolic OH excluding ortho intramolecular Hbond substituents is 1. The minimum Gasteiger partial charge on any atom is -0.508 e. The fourth-order valence-corrected chi connectivity index (χ4v) is 5.26. The number of hydrogen-bond acceptors (Lipinski definition) is 17. The maximum atomic E-state index is 13.5. The van der Waals surface area contributed by atoms with Crippen molar-refractivity contribution in [3.8, 4) is 18.1 Å². The number of para-hydroxylation sites is 1. The van der Waals surface area contributed by atoms with Gasteiger partial charge in [0.05, 0.1) is 59.0 Å². The van der Waals surface area contributed by atoms with E-state index in [-0.39, 0.29) is 50.8 Å². The van der Waals surface area contributed by atoms with Crippen molar-refractivity contribution in [3.63, 3.8) is 0 Å². The lowest BCUT2D eigenvalue weighted by molar-refractivity contribution is -0.315. The Kier molecular flexibility index (Phi) is 18.9. The maximum absolute atomic E-state index is 13.5. The summed E-state index contributed by atoms with van der Waals surface area (Å²) in [5, 5.41) is 15.2. The van der Waals surface area contributed by atoms with E-state index in [9.17, 15) is 38.7 Å². The third kappa shape index (κ3) is 15.0. The lowest BCUT2D eigenvalue weighted by Gasteiger charge is -2.48. The zero-order valence-corrected chi connectivity index (χ0v) is 30.6. The van der Waals surface area contributed by atoms with Crippen molar-refractivity contribution in [2.45, 2.75) is 76.8 Å². The predicted octanol–water partition coefficient (Wildman–Crippen LogP) is -0.765. The van der Waals surface area contributed by atoms with E-state index in [4.69, 9.17) is 49.1 Å². The maximum Gasteiger partial charge on any atom is 0.366 e. The van der Waals surface area contributed by atoms with Crippen LogP contribution in [0.15, 0.2) is 24.3 Å². The summed E-state index contributed by atoms with van der Waals surface area (Å²) in [7, 11) is 1.02. The van der Waals surface area contributed by atoms with Crippen LogP contribution in [0.5, 0.6) is 5.75 Å². The summed E-state index contributed by atoms with van der Waals surface area (Å²) < 4.78 is 49.2. The summed E-state index contributed by atoms with van der Waals surface area (Å²) in [4.78, 5) is 88.5. The van der Waals surface area contributed by atoms with E-state index in [2.05, 4.69) is 16.6 Å². The molecule has 3 N–H and O–H groups in total. The van der Waals surface area contributed by atoms with Crippen LogP contribution in [0.3, 0.4) is 0 Å². The molecule has 2 amide bonds. The summed E-state index contributed by atoms with van der Waals surface area (Å²) in [6, 6.07) is 4.54. The normalized spacial score (nSPS) is 20.2. The largest absolute Gasteiger partial charge is 0.508 e. The molecule has 19 heteroatoms. The Labute approximate surface area is 311 Å². The molecule has 0 aromatic heterocycles. The summed E-state index contributed by atoms with van der Waals surface area (Å²) in [5.74, 6) is -6.57. The Morgan fingerprint density at radius 3 is 2.20 bits per heavy atom. The molecule has 298 valence electrons. The van der Waals surface area contributed by atoms with Crippen LogP contribution >= 0.6 is 0 Å². The fourth-order valence-electron chi connectivity index (χ4n) is 5.26. The molecule has 6 atom stereocenters. The molecule has 1 saturated heterocycles. The highest BCUT2D eigenvalue weighted by Gasteiger charge is 2.59. The zero-order valence-electron chi connectivity index (χ0n) is 30.6. The van der Waals surface area contributed by atoms with Gasteiger partial charge in [0, 0.05) is 33.3 Å². The summed E-state index contributed by atoms with van der Waals surface area (Å²) in [6.07, 6.45) is -2.45. The number of carbonyl (C=O) groups excluding carboxylic acids is 7. The predicted molar refractivity (Wildman–Crippen MR) is 181 cm³/mol. The average molecular weight is 767 g/mol. The number of benzene rings is 1. The Balaban J connectivity index is 2.61. The smallest absolute Gasteiger partial charge is 0.366 e. The standard InChI is InChI=1S/C35H46N2O17/c1-7-12-47-13-14-48-15-16-50-35(34(45)46-6)18-27(51-22(3)39)31(37-30(44)20-49-21(2)38)33(54-35)32(53-24(5)41)28(52-23(4)40)19-36-29(43)17-25-10-8-9-11-26(25)42/h1,8-11,27-28,31-33,42H,12-20H2,2-6H3,(H,36,43)(H,37,44)/t27-,28+,31+,32+,33+,35+/m0/s1. The molecule has 0 spiro atoms. The van der Waals surface area contributed by atoms with Crippen LogP contribution in [0.4, 0.5) is 0 Å². The van der Waals surface area contributed by atoms with Crippen LogP contribution in [0.1, 0.15) is 39.7 Å². The molecule has 1 aromatic rings. The molecule has 1 aliphatic rings. The van der Waals surface area contributed by atoms with Gasteiger partial charge in [0.1, 0.15) is 24.6 Å². The van der Waals surface area contributed by atoms with Gasteiger partial charge in [0.25, 0.3) is 11.7 Å². The Hall–Kier alpha value is -5.29. The number of ether oxygens (including phenoxy) is 9. The van der Waals surface area contributed by atoms with Crippen LogP contribution in [0.25, 0.3) is 0 Å². The highest BCUT2D eigenvalue weighted by Crippen LogP contribution is 2.37. The van der Waals surface area contributed by atoms with Gasteiger partial charge < -0.3 is 58.4 Å². The number of carbonyl (C=O) groups is 7. The first-order valence-corrected chi connectivity index (χ1v) is 16.6. The van der Waals surface area contributed by atoms with E-state index in [1.807, 2.05) is 0 Å². The van der Waals surface area contributed by atoms with Gasteiger partial charge in [-0.1, -0.05) is 24.1 Å². The minimum absolute atomic E-state index is 0.0643. The molecule has 0 radical (unpaired) electrons. The molecule has 2 rings (SSSR count). The third-order valence-corrected chi connectivity index (χ3v) is 7.37. The van der Waals surface area contributed by atoms with E-state index >= 15 is 0 Å². The third-order valence-electron chi connectivity index (χ3n) is 7.37. The quantitative estimate of drug-likeness (QED) is 0.0602. The van der Waals surface area contributed by atoms with Crippen molar-refractivity contribution in [1.29, 1.82) is 0 Å². The van der Waals surface area contributed by atoms with Crippen molar-refractivity contribution < 1.29 is 81.3 Å². The van der Waals surface area contributed by atoms with Gasteiger partial charge in [-0.15, -0.1) is 6.42 Å². The van der Waals surface area contributed by atoms with E-state index in [0.29, 0.717) is 0 Å². The molecule has 0 saturated carbocycles. The molecule has 1 heterocycles. The Morgan fingerprint density at radius 1 is 0.926 bits per heavy atom. The molecular weight excluding hydrogens is 720 g/mol.